The number of rotatable bonds is 16. The van der Waals surface area contributed by atoms with Crippen molar-refractivity contribution in [2.24, 2.45) is 91.2 Å². The Bertz CT molecular complexity index is 2140. The molecule has 0 aliphatic heterocycles. The topological polar surface area (TPSA) is 158 Å². The van der Waals surface area contributed by atoms with E-state index in [-0.39, 0.29) is 98.1 Å². The van der Waals surface area contributed by atoms with Crippen LogP contribution in [0.4, 0.5) is 0 Å². The number of methoxy groups -OCH3 is 2. The quantitative estimate of drug-likeness (QED) is 0.107. The summed E-state index contributed by atoms with van der Waals surface area (Å²) in [5, 5.41) is 0. The van der Waals surface area contributed by atoms with Crippen molar-refractivity contribution in [2.75, 3.05) is 14.2 Å². The maximum absolute atomic E-state index is 12.4. The van der Waals surface area contributed by atoms with E-state index < -0.39 is 0 Å². The van der Waals surface area contributed by atoms with Gasteiger partial charge in [-0.1, -0.05) is 82.1 Å². The highest BCUT2D eigenvalue weighted by molar-refractivity contribution is 5.78. The Morgan fingerprint density at radius 2 is 0.918 bits per heavy atom. The summed E-state index contributed by atoms with van der Waals surface area (Å²) in [7, 11) is 2.83. The molecule has 12 nitrogen and oxygen atoms in total. The fourth-order valence-electron chi connectivity index (χ4n) is 15.4. The third-order valence-electron chi connectivity index (χ3n) is 24.3. The van der Waals surface area contributed by atoms with Crippen molar-refractivity contribution in [1.29, 1.82) is 0 Å². The molecule has 0 saturated heterocycles. The van der Waals surface area contributed by atoms with Crippen molar-refractivity contribution in [3.05, 3.63) is 0 Å². The molecule has 8 bridgehead atoms. The second-order valence-electron chi connectivity index (χ2n) is 32.3. The predicted octanol–water partition coefficient (Wildman–Crippen LogP) is 18.0. The summed E-state index contributed by atoms with van der Waals surface area (Å²) in [5.41, 5.74) is -1.17. The molecule has 85 heavy (non-hydrogen) atoms. The van der Waals surface area contributed by atoms with Gasteiger partial charge in [0.05, 0.1) is 47.2 Å². The van der Waals surface area contributed by atoms with Crippen LogP contribution in [0.5, 0.6) is 0 Å². The van der Waals surface area contributed by atoms with E-state index in [2.05, 4.69) is 44.1 Å². The third-order valence-corrected chi connectivity index (χ3v) is 24.3. The molecule has 0 aromatic carbocycles. The normalized spacial score (nSPS) is 31.4. The van der Waals surface area contributed by atoms with Gasteiger partial charge in [-0.2, -0.15) is 0 Å². The Hall–Kier alpha value is -3.18. The molecular weight excluding hydrogens is 1070 g/mol. The molecule has 10 fully saturated rings. The van der Waals surface area contributed by atoms with E-state index >= 15 is 0 Å². The maximum Gasteiger partial charge on any atom is 0.312 e. The molecule has 0 amide bonds. The monoisotopic (exact) mass is 1200 g/mol. The van der Waals surface area contributed by atoms with Crippen molar-refractivity contribution >= 4 is 35.8 Å². The largest absolute Gasteiger partial charge is 0.469 e. The highest BCUT2D eigenvalue weighted by atomic mass is 16.6. The molecule has 9 atom stereocenters. The molecular formula is C73H128O12. The molecule has 10 saturated carbocycles. The molecule has 10 aliphatic carbocycles. The first-order valence-corrected chi connectivity index (χ1v) is 34.5. The minimum absolute atomic E-state index is 0.0143. The molecule has 0 aromatic rings. The smallest absolute Gasteiger partial charge is 0.312 e. The number of carbonyl (C=O) groups is 6. The Balaban J connectivity index is 0.000000224. The lowest BCUT2D eigenvalue weighted by atomic mass is 9.54. The molecule has 492 valence electrons. The van der Waals surface area contributed by atoms with E-state index in [9.17, 15) is 28.8 Å². The van der Waals surface area contributed by atoms with Crippen LogP contribution in [0.15, 0.2) is 0 Å². The van der Waals surface area contributed by atoms with E-state index in [0.717, 1.165) is 125 Å². The van der Waals surface area contributed by atoms with Gasteiger partial charge in [0, 0.05) is 5.41 Å². The minimum Gasteiger partial charge on any atom is -0.469 e. The molecule has 0 aromatic heterocycles. The fraction of sp³-hybridized carbons (Fsp3) is 0.918. The zero-order chi connectivity index (χ0) is 64.3. The van der Waals surface area contributed by atoms with Crippen LogP contribution in [0.2, 0.25) is 0 Å². The molecule has 0 heterocycles. The zero-order valence-corrected chi connectivity index (χ0v) is 58.5. The van der Waals surface area contributed by atoms with E-state index in [4.69, 9.17) is 18.9 Å². The van der Waals surface area contributed by atoms with Gasteiger partial charge in [-0.15, -0.1) is 0 Å². The summed E-state index contributed by atoms with van der Waals surface area (Å²) in [4.78, 5) is 69.9. The van der Waals surface area contributed by atoms with Crippen molar-refractivity contribution in [2.45, 2.75) is 323 Å². The first kappa shape index (κ1) is 74.3. The van der Waals surface area contributed by atoms with Gasteiger partial charge in [0.2, 0.25) is 0 Å². The van der Waals surface area contributed by atoms with Gasteiger partial charge < -0.3 is 28.4 Å². The van der Waals surface area contributed by atoms with Crippen molar-refractivity contribution in [3.63, 3.8) is 0 Å². The molecule has 0 N–H and O–H groups in total. The van der Waals surface area contributed by atoms with Crippen molar-refractivity contribution < 1.29 is 57.2 Å². The van der Waals surface area contributed by atoms with E-state index in [1.165, 1.54) is 91.3 Å². The van der Waals surface area contributed by atoms with Crippen LogP contribution >= 0.6 is 0 Å². The van der Waals surface area contributed by atoms with Gasteiger partial charge in [-0.3, -0.25) is 28.8 Å². The lowest BCUT2D eigenvalue weighted by Crippen LogP contribution is -2.53. The van der Waals surface area contributed by atoms with Gasteiger partial charge in [-0.25, -0.2) is 0 Å². The summed E-state index contributed by atoms with van der Waals surface area (Å²) in [6, 6.07) is 0. The lowest BCUT2D eigenvalue weighted by molar-refractivity contribution is -0.196. The number of esters is 6. The van der Waals surface area contributed by atoms with Crippen LogP contribution < -0.4 is 0 Å². The SMILES string of the molecule is CCC(C)(C)C(=O)OC.CCC(C)(C)C(=O)OC12CC3CC(CC(C3)C1)C2.CCC(C)(C)C(=O)OC1CC2CC1C1CCCC21.CCC(C)(C)C(=O)OC1CC2CCC1(C)C2(C)C.CCC(C)(C)C(=O)OC1CCCCC1.CCC(C)C(=O)OC. The van der Waals surface area contributed by atoms with Crippen LogP contribution in [-0.2, 0) is 57.2 Å². The lowest BCUT2D eigenvalue weighted by Gasteiger charge is -2.56. The van der Waals surface area contributed by atoms with E-state index in [1.54, 1.807) is 0 Å². The molecule has 12 heteroatoms. The molecule has 9 unspecified atom stereocenters. The van der Waals surface area contributed by atoms with Crippen LogP contribution in [0.1, 0.15) is 299 Å². The number of fused-ring (bicyclic) bond motifs is 7. The number of hydrogen-bond acceptors (Lipinski definition) is 12. The highest BCUT2D eigenvalue weighted by Crippen LogP contribution is 2.66. The van der Waals surface area contributed by atoms with Crippen molar-refractivity contribution in [3.8, 4) is 0 Å². The summed E-state index contributed by atoms with van der Waals surface area (Å²) in [6.07, 6.45) is 29.4. The molecule has 0 radical (unpaired) electrons. The predicted molar refractivity (Wildman–Crippen MR) is 340 cm³/mol. The number of carbonyl (C=O) groups excluding carboxylic acids is 6. The van der Waals surface area contributed by atoms with Gasteiger partial charge in [-0.05, 0) is 270 Å². The van der Waals surface area contributed by atoms with Gasteiger partial charge in [0.15, 0.2) is 0 Å². The first-order valence-electron chi connectivity index (χ1n) is 34.5. The summed E-state index contributed by atoms with van der Waals surface area (Å²) < 4.78 is 32.4. The first-order chi connectivity index (χ1) is 39.4. The molecule has 0 spiro atoms. The number of ether oxygens (including phenoxy) is 6. The standard InChI is InChI=1S/2C16H26O2.C16H28O2.C12H22O2.C7H14O2.C6H12O2/c1-4-15(2,3)14(17)18-16-8-11-5-12(9-16)7-13(6-11)10-16;1-4-16(2,3)15(17)18-14-9-10-8-13(14)12-7-5-6-11(10)12;1-7-14(2,3)13(17)18-12-10-11-8-9-16(12,6)15(11,4)5;1-4-12(2,3)11(13)14-10-8-6-5-7-9-10;1-5-7(2,3)6(8)9-4;1-4-5(2)6(7)8-3/h11-13H,4-10H2,1-3H3;10-14H,4-9H2,1-3H3;11-12H,7-10H2,1-6H3;10H,4-9H2,1-3H3;5H2,1-4H3;5H,4H2,1-3H3. The summed E-state index contributed by atoms with van der Waals surface area (Å²) >= 11 is 0. The Kier molecular flexibility index (Phi) is 26.7. The molecule has 10 aliphatic rings. The summed E-state index contributed by atoms with van der Waals surface area (Å²) in [5.74, 6) is 6.49. The third kappa shape index (κ3) is 18.5. The maximum atomic E-state index is 12.4. The fourth-order valence-corrected chi connectivity index (χ4v) is 15.4. The van der Waals surface area contributed by atoms with Crippen LogP contribution in [0.25, 0.3) is 0 Å². The van der Waals surface area contributed by atoms with Crippen molar-refractivity contribution in [1.82, 2.24) is 0 Å². The van der Waals surface area contributed by atoms with Crippen LogP contribution in [0, 0.1) is 91.2 Å². The Morgan fingerprint density at radius 1 is 0.471 bits per heavy atom. The molecule has 10 rings (SSSR count). The van der Waals surface area contributed by atoms with E-state index in [1.807, 2.05) is 104 Å². The minimum atomic E-state index is -0.345. The average Bonchev–Trinajstić information content (AvgIpc) is 2.81. The Labute approximate surface area is 519 Å². The van der Waals surface area contributed by atoms with E-state index in [0.29, 0.717) is 11.3 Å². The summed E-state index contributed by atoms with van der Waals surface area (Å²) in [6.45, 7) is 40.7. The van der Waals surface area contributed by atoms with Crippen LogP contribution in [0.3, 0.4) is 0 Å². The second-order valence-corrected chi connectivity index (χ2v) is 32.3. The zero-order valence-electron chi connectivity index (χ0n) is 58.5. The van der Waals surface area contributed by atoms with Gasteiger partial charge in [0.1, 0.15) is 23.9 Å². The number of hydrogen-bond donors (Lipinski definition) is 0. The second kappa shape index (κ2) is 30.6. The highest BCUT2D eigenvalue weighted by Gasteiger charge is 2.63. The van der Waals surface area contributed by atoms with Gasteiger partial charge >= 0.3 is 35.8 Å². The van der Waals surface area contributed by atoms with Crippen LogP contribution in [-0.4, -0.2) is 73.9 Å². The Morgan fingerprint density at radius 3 is 1.32 bits per heavy atom. The van der Waals surface area contributed by atoms with Gasteiger partial charge in [0.25, 0.3) is 0 Å². The average molecular weight is 1200 g/mol.